The number of nitrogens with zero attached hydrogens (tertiary/aromatic N) is 1. The molecule has 0 spiro atoms. The van der Waals surface area contributed by atoms with Gasteiger partial charge < -0.3 is 4.74 Å². The van der Waals surface area contributed by atoms with Gasteiger partial charge in [-0.05, 0) is 24.3 Å². The molecule has 0 aromatic heterocycles. The fourth-order valence-corrected chi connectivity index (χ4v) is 1.47. The smallest absolute Gasteiger partial charge is 0.342 e. The Morgan fingerprint density at radius 1 is 1.40 bits per heavy atom. The van der Waals surface area contributed by atoms with Gasteiger partial charge in [0.05, 0.1) is 7.11 Å². The van der Waals surface area contributed by atoms with Gasteiger partial charge in [-0.2, -0.15) is 0 Å². The van der Waals surface area contributed by atoms with Gasteiger partial charge in [0.15, 0.2) is 0 Å². The molecule has 0 radical (unpaired) electrons. The van der Waals surface area contributed by atoms with Gasteiger partial charge in [0.2, 0.25) is 5.71 Å². The Hall–Kier alpha value is -1.84. The minimum Gasteiger partial charge on any atom is -0.497 e. The lowest BCUT2D eigenvalue weighted by molar-refractivity contribution is -0.602. The number of hydrogen-bond donors (Lipinski definition) is 1. The molecule has 0 aliphatic carbocycles. The molecule has 1 aliphatic rings. The van der Waals surface area contributed by atoms with Crippen molar-refractivity contribution in [3.05, 3.63) is 29.8 Å². The van der Waals surface area contributed by atoms with Crippen LogP contribution in [0.1, 0.15) is 12.5 Å². The van der Waals surface area contributed by atoms with E-state index in [0.29, 0.717) is 6.54 Å². The molecule has 0 saturated carbocycles. The highest BCUT2D eigenvalue weighted by molar-refractivity contribution is 5.96. The minimum atomic E-state index is 0.0582. The molecule has 15 heavy (non-hydrogen) atoms. The summed E-state index contributed by atoms with van der Waals surface area (Å²) in [4.78, 5) is 10.8. The summed E-state index contributed by atoms with van der Waals surface area (Å²) in [6, 6.07) is 7.75. The molecule has 0 unspecified atom stereocenters. The summed E-state index contributed by atoms with van der Waals surface area (Å²) in [5.41, 5.74) is 4.81. The van der Waals surface area contributed by atoms with Crippen molar-refractivity contribution in [1.29, 1.82) is 0 Å². The van der Waals surface area contributed by atoms with Crippen LogP contribution < -0.4 is 10.2 Å². The fraction of sp³-hybridized carbons (Fsp3) is 0.273. The summed E-state index contributed by atoms with van der Waals surface area (Å²) < 4.78 is 6.90. The number of rotatable bonds is 2. The number of hydrazine groups is 1. The lowest BCUT2D eigenvalue weighted by atomic mass is 10.1. The highest BCUT2D eigenvalue weighted by Gasteiger charge is 2.29. The van der Waals surface area contributed by atoms with Gasteiger partial charge in [0, 0.05) is 12.5 Å². The van der Waals surface area contributed by atoms with Crippen LogP contribution in [0.25, 0.3) is 0 Å². The summed E-state index contributed by atoms with van der Waals surface area (Å²) >= 11 is 0. The van der Waals surface area contributed by atoms with Gasteiger partial charge in [-0.3, -0.25) is 4.79 Å². The Morgan fingerprint density at radius 3 is 2.47 bits per heavy atom. The number of benzene rings is 1. The Balaban J connectivity index is 2.23. The molecule has 1 aromatic rings. The quantitative estimate of drug-likeness (QED) is 0.717. The average molecular weight is 205 g/mol. The molecule has 0 bridgehead atoms. The van der Waals surface area contributed by atoms with Crippen LogP contribution in [0.4, 0.5) is 0 Å². The number of methoxy groups -OCH3 is 1. The molecule has 1 amide bonds. The van der Waals surface area contributed by atoms with Crippen LogP contribution in [0.5, 0.6) is 5.75 Å². The molecule has 1 fully saturated rings. The highest BCUT2D eigenvalue weighted by Crippen LogP contribution is 2.12. The standard InChI is InChI=1S/C11H12N2O2/c1-8(13-7-11(14)12-13)9-3-5-10(15-2)6-4-9/h3-6H,7H2,1-2H3/p+1/b13-8+. The summed E-state index contributed by atoms with van der Waals surface area (Å²) in [6.07, 6.45) is 0. The topological polar surface area (TPSA) is 41.3 Å². The number of nitrogens with one attached hydrogen (secondary N) is 1. The van der Waals surface area contributed by atoms with Crippen LogP contribution in [0, 0.1) is 0 Å². The molecule has 1 heterocycles. The Bertz CT molecular complexity index is 411. The van der Waals surface area contributed by atoms with Crippen molar-refractivity contribution < 1.29 is 14.2 Å². The first kappa shape index (κ1) is 9.71. The Morgan fingerprint density at radius 2 is 2.00 bits per heavy atom. The maximum absolute atomic E-state index is 10.8. The van der Waals surface area contributed by atoms with Crippen LogP contribution >= 0.6 is 0 Å². The summed E-state index contributed by atoms with van der Waals surface area (Å²) in [7, 11) is 1.64. The fourth-order valence-electron chi connectivity index (χ4n) is 1.47. The van der Waals surface area contributed by atoms with Crippen molar-refractivity contribution >= 4 is 11.6 Å². The lowest BCUT2D eigenvalue weighted by Crippen LogP contribution is -2.54. The highest BCUT2D eigenvalue weighted by atomic mass is 16.5. The van der Waals surface area contributed by atoms with E-state index in [2.05, 4.69) is 5.43 Å². The second kappa shape index (κ2) is 3.73. The van der Waals surface area contributed by atoms with Crippen molar-refractivity contribution in [3.8, 4) is 5.75 Å². The second-order valence-electron chi connectivity index (χ2n) is 3.44. The molecule has 0 atom stereocenters. The third kappa shape index (κ3) is 1.83. The lowest BCUT2D eigenvalue weighted by Gasteiger charge is -2.13. The number of amides is 1. The van der Waals surface area contributed by atoms with Crippen molar-refractivity contribution in [2.45, 2.75) is 6.92 Å². The summed E-state index contributed by atoms with van der Waals surface area (Å²) in [6.45, 7) is 2.42. The molecule has 4 nitrogen and oxygen atoms in total. The molecule has 1 aromatic carbocycles. The SMILES string of the molecule is COc1ccc(/C(C)=[N+]2\CC(=O)N2)cc1. The van der Waals surface area contributed by atoms with Crippen LogP contribution in [0.2, 0.25) is 0 Å². The largest absolute Gasteiger partial charge is 0.497 e. The van der Waals surface area contributed by atoms with Crippen molar-refractivity contribution in [2.24, 2.45) is 0 Å². The van der Waals surface area contributed by atoms with E-state index < -0.39 is 0 Å². The van der Waals surface area contributed by atoms with Crippen molar-refractivity contribution in [3.63, 3.8) is 0 Å². The maximum atomic E-state index is 10.8. The Kier molecular flexibility index (Phi) is 2.41. The van der Waals surface area contributed by atoms with Crippen LogP contribution in [0.15, 0.2) is 24.3 Å². The molecule has 1 aliphatic heterocycles. The van der Waals surface area contributed by atoms with E-state index in [9.17, 15) is 4.79 Å². The van der Waals surface area contributed by atoms with Crippen LogP contribution in [0.3, 0.4) is 0 Å². The first-order chi connectivity index (χ1) is 7.20. The number of hydrogen-bond acceptors (Lipinski definition) is 2. The van der Waals surface area contributed by atoms with Gasteiger partial charge in [-0.25, -0.2) is 0 Å². The predicted octanol–water partition coefficient (Wildman–Crippen LogP) is 0.561. The molecule has 4 heteroatoms. The van der Waals surface area contributed by atoms with Gasteiger partial charge in [-0.15, -0.1) is 10.1 Å². The van der Waals surface area contributed by atoms with Crippen molar-refractivity contribution in [2.75, 3.05) is 13.7 Å². The zero-order chi connectivity index (χ0) is 10.8. The second-order valence-corrected chi connectivity index (χ2v) is 3.44. The number of hydrazone groups is 1. The van der Waals surface area contributed by atoms with Crippen LogP contribution in [-0.2, 0) is 4.79 Å². The third-order valence-electron chi connectivity index (χ3n) is 2.47. The molecule has 1 saturated heterocycles. The number of carbonyl (C=O) groups is 1. The first-order valence-electron chi connectivity index (χ1n) is 4.75. The third-order valence-corrected chi connectivity index (χ3v) is 2.47. The molecule has 2 rings (SSSR count). The molecule has 1 N–H and O–H groups in total. The zero-order valence-corrected chi connectivity index (χ0v) is 8.78. The van der Waals surface area contributed by atoms with E-state index in [1.807, 2.05) is 35.9 Å². The first-order valence-corrected chi connectivity index (χ1v) is 4.75. The summed E-state index contributed by atoms with van der Waals surface area (Å²) in [5.74, 6) is 0.891. The summed E-state index contributed by atoms with van der Waals surface area (Å²) in [5, 5.41) is 0. The van der Waals surface area contributed by atoms with E-state index in [-0.39, 0.29) is 5.91 Å². The Labute approximate surface area is 88.2 Å². The van der Waals surface area contributed by atoms with E-state index in [0.717, 1.165) is 17.0 Å². The molecular weight excluding hydrogens is 192 g/mol. The predicted molar refractivity (Wildman–Crippen MR) is 56.0 cm³/mol. The maximum Gasteiger partial charge on any atom is 0.342 e. The van der Waals surface area contributed by atoms with Crippen molar-refractivity contribution in [1.82, 2.24) is 5.43 Å². The van der Waals surface area contributed by atoms with E-state index >= 15 is 0 Å². The minimum absolute atomic E-state index is 0.0582. The molecule has 78 valence electrons. The van der Waals surface area contributed by atoms with Gasteiger partial charge >= 0.3 is 5.91 Å². The normalized spacial score (nSPS) is 17.9. The van der Waals surface area contributed by atoms with Gasteiger partial charge in [0.25, 0.3) is 6.54 Å². The average Bonchev–Trinajstić information content (AvgIpc) is 2.24. The van der Waals surface area contributed by atoms with E-state index in [4.69, 9.17) is 4.74 Å². The van der Waals surface area contributed by atoms with Gasteiger partial charge in [0.1, 0.15) is 5.75 Å². The van der Waals surface area contributed by atoms with E-state index in [1.54, 1.807) is 7.11 Å². The molecular formula is C11H13N2O2+. The monoisotopic (exact) mass is 205 g/mol. The number of carbonyl (C=O) groups excluding carboxylic acids is 1. The number of ether oxygens (including phenoxy) is 1. The zero-order valence-electron chi connectivity index (χ0n) is 8.78. The van der Waals surface area contributed by atoms with Crippen LogP contribution in [-0.4, -0.2) is 30.0 Å². The van der Waals surface area contributed by atoms with Gasteiger partial charge in [-0.1, -0.05) is 0 Å². The van der Waals surface area contributed by atoms with E-state index in [1.165, 1.54) is 0 Å².